The molecule has 2 aromatic rings. The monoisotopic (exact) mass is 302 g/mol. The fourth-order valence-corrected chi connectivity index (χ4v) is 2.32. The molecule has 0 radical (unpaired) electrons. The molecule has 0 saturated heterocycles. The average molecular weight is 303 g/mol. The highest BCUT2D eigenvalue weighted by molar-refractivity contribution is 6.30. The van der Waals surface area contributed by atoms with Gasteiger partial charge >= 0.3 is 0 Å². The summed E-state index contributed by atoms with van der Waals surface area (Å²) < 4.78 is 0. The largest absolute Gasteiger partial charge is 0.398 e. The first-order valence-corrected chi connectivity index (χ1v) is 7.17. The van der Waals surface area contributed by atoms with Crippen molar-refractivity contribution < 1.29 is 4.79 Å². The van der Waals surface area contributed by atoms with E-state index in [1.807, 2.05) is 50.2 Å². The molecule has 0 saturated carbocycles. The predicted molar refractivity (Wildman–Crippen MR) is 87.6 cm³/mol. The molecule has 1 amide bonds. The van der Waals surface area contributed by atoms with Crippen LogP contribution in [0.1, 0.15) is 34.5 Å². The number of halogens is 1. The summed E-state index contributed by atoms with van der Waals surface area (Å²) in [6.45, 7) is 3.88. The van der Waals surface area contributed by atoms with Gasteiger partial charge < -0.3 is 10.6 Å². The van der Waals surface area contributed by atoms with Gasteiger partial charge in [-0.1, -0.05) is 35.9 Å². The van der Waals surface area contributed by atoms with Gasteiger partial charge in [0.2, 0.25) is 0 Å². The molecule has 0 heterocycles. The van der Waals surface area contributed by atoms with Crippen LogP contribution in [-0.2, 0) is 0 Å². The summed E-state index contributed by atoms with van der Waals surface area (Å²) >= 11 is 5.90. The number of benzene rings is 2. The molecule has 2 N–H and O–H groups in total. The second kappa shape index (κ2) is 6.19. The molecule has 1 atom stereocenters. The molecular formula is C17H19ClN2O. The van der Waals surface area contributed by atoms with Crippen LogP contribution in [0.5, 0.6) is 0 Å². The van der Waals surface area contributed by atoms with Crippen molar-refractivity contribution in [3.8, 4) is 0 Å². The molecule has 4 heteroatoms. The van der Waals surface area contributed by atoms with Gasteiger partial charge in [-0.05, 0) is 43.2 Å². The van der Waals surface area contributed by atoms with Crippen molar-refractivity contribution in [2.45, 2.75) is 19.9 Å². The molecule has 0 fully saturated rings. The maximum atomic E-state index is 12.6. The summed E-state index contributed by atoms with van der Waals surface area (Å²) in [7, 11) is 1.78. The fourth-order valence-electron chi connectivity index (χ4n) is 2.20. The molecule has 0 aliphatic heterocycles. The molecule has 0 aliphatic carbocycles. The third kappa shape index (κ3) is 3.19. The zero-order valence-electron chi connectivity index (χ0n) is 12.4. The highest BCUT2D eigenvalue weighted by atomic mass is 35.5. The third-order valence-corrected chi connectivity index (χ3v) is 4.06. The fraction of sp³-hybridized carbons (Fsp3) is 0.235. The number of anilines is 1. The molecule has 2 rings (SSSR count). The van der Waals surface area contributed by atoms with Crippen molar-refractivity contribution in [2.75, 3.05) is 12.8 Å². The van der Waals surface area contributed by atoms with E-state index in [2.05, 4.69) is 0 Å². The molecule has 0 bridgehead atoms. The van der Waals surface area contributed by atoms with E-state index >= 15 is 0 Å². The van der Waals surface area contributed by atoms with E-state index in [-0.39, 0.29) is 11.9 Å². The maximum Gasteiger partial charge on any atom is 0.256 e. The average Bonchev–Trinajstić information content (AvgIpc) is 2.48. The third-order valence-electron chi connectivity index (χ3n) is 3.81. The van der Waals surface area contributed by atoms with Crippen LogP contribution in [-0.4, -0.2) is 17.9 Å². The summed E-state index contributed by atoms with van der Waals surface area (Å²) in [5.74, 6) is -0.0846. The molecule has 1 unspecified atom stereocenters. The first kappa shape index (κ1) is 15.4. The molecule has 0 spiro atoms. The second-order valence-electron chi connectivity index (χ2n) is 5.18. The highest BCUT2D eigenvalue weighted by Crippen LogP contribution is 2.25. The number of hydrogen-bond acceptors (Lipinski definition) is 2. The Bertz CT molecular complexity index is 652. The van der Waals surface area contributed by atoms with Crippen LogP contribution < -0.4 is 5.73 Å². The van der Waals surface area contributed by atoms with Crippen molar-refractivity contribution in [1.29, 1.82) is 0 Å². The number of rotatable bonds is 3. The Balaban J connectivity index is 2.26. The highest BCUT2D eigenvalue weighted by Gasteiger charge is 2.21. The van der Waals surface area contributed by atoms with Gasteiger partial charge in [-0.15, -0.1) is 0 Å². The zero-order chi connectivity index (χ0) is 15.6. The van der Waals surface area contributed by atoms with Crippen LogP contribution in [0.15, 0.2) is 42.5 Å². The van der Waals surface area contributed by atoms with Gasteiger partial charge in [-0.2, -0.15) is 0 Å². The summed E-state index contributed by atoms with van der Waals surface area (Å²) in [6.07, 6.45) is 0. The Morgan fingerprint density at radius 2 is 1.81 bits per heavy atom. The van der Waals surface area contributed by atoms with Crippen LogP contribution in [0.2, 0.25) is 5.02 Å². The Labute approximate surface area is 130 Å². The van der Waals surface area contributed by atoms with E-state index in [1.165, 1.54) is 0 Å². The Morgan fingerprint density at radius 3 is 2.43 bits per heavy atom. The number of nitrogens with zero attached hydrogens (tertiary/aromatic N) is 1. The number of amides is 1. The van der Waals surface area contributed by atoms with E-state index < -0.39 is 0 Å². The molecule has 2 aromatic carbocycles. The lowest BCUT2D eigenvalue weighted by atomic mass is 10.0. The minimum atomic E-state index is -0.0846. The Hall–Kier alpha value is -2.00. The van der Waals surface area contributed by atoms with E-state index in [0.717, 1.165) is 11.1 Å². The number of hydrogen-bond donors (Lipinski definition) is 1. The Morgan fingerprint density at radius 1 is 1.19 bits per heavy atom. The number of nitrogen functional groups attached to an aromatic ring is 1. The van der Waals surface area contributed by atoms with Gasteiger partial charge in [0.05, 0.1) is 11.6 Å². The number of carbonyl (C=O) groups is 1. The lowest BCUT2D eigenvalue weighted by Crippen LogP contribution is -2.30. The van der Waals surface area contributed by atoms with Crippen LogP contribution in [0.4, 0.5) is 5.69 Å². The van der Waals surface area contributed by atoms with Crippen molar-refractivity contribution >= 4 is 23.2 Å². The first-order valence-electron chi connectivity index (χ1n) is 6.79. The first-order chi connectivity index (χ1) is 9.91. The lowest BCUT2D eigenvalue weighted by Gasteiger charge is -2.26. The molecule has 21 heavy (non-hydrogen) atoms. The second-order valence-corrected chi connectivity index (χ2v) is 5.62. The molecule has 0 aromatic heterocycles. The molecule has 3 nitrogen and oxygen atoms in total. The topological polar surface area (TPSA) is 46.3 Å². The van der Waals surface area contributed by atoms with Crippen LogP contribution in [0.3, 0.4) is 0 Å². The van der Waals surface area contributed by atoms with Crippen molar-refractivity contribution in [1.82, 2.24) is 4.90 Å². The van der Waals surface area contributed by atoms with Gasteiger partial charge in [0.25, 0.3) is 5.91 Å². The zero-order valence-corrected chi connectivity index (χ0v) is 13.2. The van der Waals surface area contributed by atoms with Crippen molar-refractivity contribution in [3.05, 3.63) is 64.2 Å². The molecular weight excluding hydrogens is 284 g/mol. The van der Waals surface area contributed by atoms with Gasteiger partial charge in [-0.25, -0.2) is 0 Å². The lowest BCUT2D eigenvalue weighted by molar-refractivity contribution is 0.0743. The summed E-state index contributed by atoms with van der Waals surface area (Å²) in [5.41, 5.74) is 9.03. The van der Waals surface area contributed by atoms with Crippen LogP contribution in [0, 0.1) is 6.92 Å². The van der Waals surface area contributed by atoms with Crippen molar-refractivity contribution in [2.24, 2.45) is 0 Å². The van der Waals surface area contributed by atoms with Crippen molar-refractivity contribution in [3.63, 3.8) is 0 Å². The Kier molecular flexibility index (Phi) is 4.53. The minimum Gasteiger partial charge on any atom is -0.398 e. The number of aryl methyl sites for hydroxylation is 1. The van der Waals surface area contributed by atoms with E-state index in [9.17, 15) is 4.79 Å². The standard InChI is InChI=1S/C17H19ClN2O/c1-11-5-4-6-15(16(11)19)17(21)20(3)12(2)13-7-9-14(18)10-8-13/h4-10,12H,19H2,1-3H3. The van der Waals surface area contributed by atoms with E-state index in [4.69, 9.17) is 17.3 Å². The van der Waals surface area contributed by atoms with Crippen LogP contribution in [0.25, 0.3) is 0 Å². The summed E-state index contributed by atoms with van der Waals surface area (Å²) in [5, 5.41) is 0.683. The SMILES string of the molecule is Cc1cccc(C(=O)N(C)C(C)c2ccc(Cl)cc2)c1N. The van der Waals surface area contributed by atoms with Gasteiger partial charge in [0.15, 0.2) is 0 Å². The number of carbonyl (C=O) groups excluding carboxylic acids is 1. The smallest absolute Gasteiger partial charge is 0.256 e. The molecule has 110 valence electrons. The van der Waals surface area contributed by atoms with E-state index in [1.54, 1.807) is 18.0 Å². The van der Waals surface area contributed by atoms with E-state index in [0.29, 0.717) is 16.3 Å². The van der Waals surface area contributed by atoms with Crippen LogP contribution >= 0.6 is 11.6 Å². The van der Waals surface area contributed by atoms with Gasteiger partial charge in [-0.3, -0.25) is 4.79 Å². The molecule has 0 aliphatic rings. The minimum absolute atomic E-state index is 0.0605. The maximum absolute atomic E-state index is 12.6. The van der Waals surface area contributed by atoms with Gasteiger partial charge in [0.1, 0.15) is 0 Å². The summed E-state index contributed by atoms with van der Waals surface area (Å²) in [6, 6.07) is 12.9. The quantitative estimate of drug-likeness (QED) is 0.869. The number of para-hydroxylation sites is 1. The summed E-state index contributed by atoms with van der Waals surface area (Å²) in [4.78, 5) is 14.3. The van der Waals surface area contributed by atoms with Gasteiger partial charge in [0, 0.05) is 17.8 Å². The number of nitrogens with two attached hydrogens (primary N) is 1. The normalized spacial score (nSPS) is 12.0. The predicted octanol–water partition coefficient (Wildman–Crippen LogP) is 4.06.